The molecule has 3 rings (SSSR count). The first-order chi connectivity index (χ1) is 12.9. The van der Waals surface area contributed by atoms with Gasteiger partial charge in [0.05, 0.1) is 6.61 Å². The lowest BCUT2D eigenvalue weighted by Crippen LogP contribution is -2.45. The van der Waals surface area contributed by atoms with Gasteiger partial charge in [-0.15, -0.1) is 0 Å². The molecule has 0 aliphatic carbocycles. The Hall–Kier alpha value is -2.51. The number of H-pyrrole nitrogens is 1. The van der Waals surface area contributed by atoms with Crippen LogP contribution in [0.25, 0.3) is 11.4 Å². The minimum atomic E-state index is -0.470. The predicted octanol–water partition coefficient (Wildman–Crippen LogP) is 1.61. The van der Waals surface area contributed by atoms with Crippen molar-refractivity contribution in [2.45, 2.75) is 19.8 Å². The number of aliphatic hydroxyl groups is 1. The largest absolute Gasteiger partial charge is 0.396 e. The van der Waals surface area contributed by atoms with Crippen LogP contribution >= 0.6 is 0 Å². The van der Waals surface area contributed by atoms with E-state index in [0.717, 1.165) is 11.1 Å². The summed E-state index contributed by atoms with van der Waals surface area (Å²) in [6, 6.07) is 7.61. The molecule has 0 radical (unpaired) electrons. The van der Waals surface area contributed by atoms with E-state index in [1.807, 2.05) is 31.2 Å². The normalized spacial score (nSPS) is 16.1. The first kappa shape index (κ1) is 19.3. The Kier molecular flexibility index (Phi) is 5.72. The number of ether oxygens (including phenoxy) is 1. The number of aromatic nitrogens is 2. The second-order valence-corrected chi connectivity index (χ2v) is 7.27. The van der Waals surface area contributed by atoms with E-state index in [9.17, 15) is 14.7 Å². The predicted molar refractivity (Wildman–Crippen MR) is 102 cm³/mol. The van der Waals surface area contributed by atoms with E-state index in [-0.39, 0.29) is 17.6 Å². The van der Waals surface area contributed by atoms with Crippen molar-refractivity contribution in [2.24, 2.45) is 5.41 Å². The highest BCUT2D eigenvalue weighted by Gasteiger charge is 2.34. The number of nitrogens with one attached hydrogen (secondary N) is 1. The highest BCUT2D eigenvalue weighted by Crippen LogP contribution is 2.30. The van der Waals surface area contributed by atoms with E-state index in [0.29, 0.717) is 38.4 Å². The number of aromatic amines is 1. The van der Waals surface area contributed by atoms with Gasteiger partial charge in [-0.1, -0.05) is 29.8 Å². The molecule has 1 amide bonds. The van der Waals surface area contributed by atoms with Crippen molar-refractivity contribution >= 4 is 5.91 Å². The van der Waals surface area contributed by atoms with Crippen LogP contribution in [0.15, 0.2) is 35.3 Å². The van der Waals surface area contributed by atoms with Gasteiger partial charge >= 0.3 is 0 Å². The first-order valence-electron chi connectivity index (χ1n) is 9.04. The molecule has 0 saturated carbocycles. The lowest BCUT2D eigenvalue weighted by Gasteiger charge is -2.38. The van der Waals surface area contributed by atoms with Gasteiger partial charge in [0, 0.05) is 44.0 Å². The summed E-state index contributed by atoms with van der Waals surface area (Å²) in [6.07, 6.45) is 2.69. The van der Waals surface area contributed by atoms with E-state index in [1.54, 1.807) is 7.05 Å². The molecule has 1 aliphatic rings. The van der Waals surface area contributed by atoms with Crippen molar-refractivity contribution in [1.82, 2.24) is 14.9 Å². The number of nitrogens with zero attached hydrogens (tertiary/aromatic N) is 2. The van der Waals surface area contributed by atoms with Crippen molar-refractivity contribution in [1.29, 1.82) is 0 Å². The number of hydrogen-bond donors (Lipinski definition) is 2. The van der Waals surface area contributed by atoms with Gasteiger partial charge in [0.25, 0.3) is 11.5 Å². The van der Waals surface area contributed by atoms with Gasteiger partial charge in [-0.3, -0.25) is 9.59 Å². The van der Waals surface area contributed by atoms with Crippen molar-refractivity contribution in [3.8, 4) is 11.4 Å². The molecule has 1 saturated heterocycles. The number of rotatable bonds is 5. The standard InChI is InChI=1S/C20H25N3O4/c1-14-3-5-15(6-4-14)17-21-11-16(18(25)22-17)19(26)23(2)12-20(13-24)7-9-27-10-8-20/h3-6,11,24H,7-10,12-13H2,1-2H3,(H,21,22,25). The molecule has 144 valence electrons. The molecule has 1 aromatic heterocycles. The quantitative estimate of drug-likeness (QED) is 0.832. The maximum Gasteiger partial charge on any atom is 0.264 e. The van der Waals surface area contributed by atoms with Crippen LogP contribution in [-0.4, -0.2) is 59.3 Å². The Morgan fingerprint density at radius 1 is 1.30 bits per heavy atom. The monoisotopic (exact) mass is 371 g/mol. The number of aliphatic hydroxyl groups excluding tert-OH is 1. The zero-order valence-corrected chi connectivity index (χ0v) is 15.7. The van der Waals surface area contributed by atoms with Crippen molar-refractivity contribution in [3.05, 3.63) is 51.9 Å². The number of carbonyl (C=O) groups excluding carboxylic acids is 1. The fraction of sp³-hybridized carbons (Fsp3) is 0.450. The molecule has 0 spiro atoms. The Labute approximate surface area is 158 Å². The van der Waals surface area contributed by atoms with Gasteiger partial charge in [0.1, 0.15) is 11.4 Å². The Balaban J connectivity index is 1.78. The Morgan fingerprint density at radius 2 is 1.96 bits per heavy atom. The van der Waals surface area contributed by atoms with Crippen LogP contribution < -0.4 is 5.56 Å². The summed E-state index contributed by atoms with van der Waals surface area (Å²) in [5.41, 5.74) is 1.04. The lowest BCUT2D eigenvalue weighted by atomic mass is 9.80. The van der Waals surface area contributed by atoms with Crippen molar-refractivity contribution < 1.29 is 14.6 Å². The van der Waals surface area contributed by atoms with E-state index in [4.69, 9.17) is 4.74 Å². The third-order valence-electron chi connectivity index (χ3n) is 5.16. The first-order valence-corrected chi connectivity index (χ1v) is 9.04. The zero-order valence-electron chi connectivity index (χ0n) is 15.7. The maximum atomic E-state index is 12.7. The van der Waals surface area contributed by atoms with Gasteiger partial charge < -0.3 is 19.7 Å². The van der Waals surface area contributed by atoms with Gasteiger partial charge in [0.2, 0.25) is 0 Å². The van der Waals surface area contributed by atoms with Crippen molar-refractivity contribution in [3.63, 3.8) is 0 Å². The molecule has 2 N–H and O–H groups in total. The fourth-order valence-electron chi connectivity index (χ4n) is 3.36. The average molecular weight is 371 g/mol. The van der Waals surface area contributed by atoms with Crippen LogP contribution in [0.5, 0.6) is 0 Å². The number of hydrogen-bond acceptors (Lipinski definition) is 5. The summed E-state index contributed by atoms with van der Waals surface area (Å²) >= 11 is 0. The molecular formula is C20H25N3O4. The van der Waals surface area contributed by atoms with E-state index in [1.165, 1.54) is 11.1 Å². The summed E-state index contributed by atoms with van der Waals surface area (Å²) < 4.78 is 5.36. The topological polar surface area (TPSA) is 95.5 Å². The molecule has 1 aliphatic heterocycles. The Morgan fingerprint density at radius 3 is 2.56 bits per heavy atom. The molecule has 2 aromatic rings. The van der Waals surface area contributed by atoms with E-state index >= 15 is 0 Å². The summed E-state index contributed by atoms with van der Waals surface area (Å²) in [6.45, 7) is 3.46. The SMILES string of the molecule is Cc1ccc(-c2ncc(C(=O)N(C)CC3(CO)CCOCC3)c(=O)[nH]2)cc1. The average Bonchev–Trinajstić information content (AvgIpc) is 2.68. The van der Waals surface area contributed by atoms with Crippen LogP contribution in [-0.2, 0) is 4.74 Å². The van der Waals surface area contributed by atoms with Gasteiger partial charge in [0.15, 0.2) is 0 Å². The van der Waals surface area contributed by atoms with Gasteiger partial charge in [-0.2, -0.15) is 0 Å². The molecule has 2 heterocycles. The van der Waals surface area contributed by atoms with Crippen LogP contribution in [0.1, 0.15) is 28.8 Å². The molecule has 27 heavy (non-hydrogen) atoms. The molecule has 1 fully saturated rings. The second-order valence-electron chi connectivity index (χ2n) is 7.27. The minimum absolute atomic E-state index is 0.00601. The van der Waals surface area contributed by atoms with Crippen LogP contribution in [0.4, 0.5) is 0 Å². The van der Waals surface area contributed by atoms with Crippen LogP contribution in [0.2, 0.25) is 0 Å². The molecule has 0 bridgehead atoms. The highest BCUT2D eigenvalue weighted by atomic mass is 16.5. The van der Waals surface area contributed by atoms with E-state index in [2.05, 4.69) is 9.97 Å². The number of aryl methyl sites for hydroxylation is 1. The molecule has 1 aromatic carbocycles. The van der Waals surface area contributed by atoms with Gasteiger partial charge in [-0.25, -0.2) is 4.98 Å². The smallest absolute Gasteiger partial charge is 0.264 e. The van der Waals surface area contributed by atoms with E-state index < -0.39 is 11.5 Å². The molecule has 0 atom stereocenters. The van der Waals surface area contributed by atoms with Crippen LogP contribution in [0, 0.1) is 12.3 Å². The van der Waals surface area contributed by atoms with Gasteiger partial charge in [-0.05, 0) is 19.8 Å². The molecule has 0 unspecified atom stereocenters. The third-order valence-corrected chi connectivity index (χ3v) is 5.16. The number of amides is 1. The van der Waals surface area contributed by atoms with Crippen molar-refractivity contribution in [2.75, 3.05) is 33.4 Å². The summed E-state index contributed by atoms with van der Waals surface area (Å²) in [5.74, 6) is 0.0222. The molecular weight excluding hydrogens is 346 g/mol. The highest BCUT2D eigenvalue weighted by molar-refractivity contribution is 5.93. The summed E-state index contributed by atoms with van der Waals surface area (Å²) in [7, 11) is 1.64. The minimum Gasteiger partial charge on any atom is -0.396 e. The van der Waals surface area contributed by atoms with Crippen LogP contribution in [0.3, 0.4) is 0 Å². The maximum absolute atomic E-state index is 12.7. The third kappa shape index (κ3) is 4.26. The zero-order chi connectivity index (χ0) is 19.4. The summed E-state index contributed by atoms with van der Waals surface area (Å²) in [4.78, 5) is 33.6. The fourth-order valence-corrected chi connectivity index (χ4v) is 3.36. The second kappa shape index (κ2) is 8.02. The summed E-state index contributed by atoms with van der Waals surface area (Å²) in [5, 5.41) is 9.81. The number of carbonyl (C=O) groups is 1. The molecule has 7 nitrogen and oxygen atoms in total. The Bertz CT molecular complexity index is 854. The molecule has 7 heteroatoms. The lowest BCUT2D eigenvalue weighted by molar-refractivity contribution is -0.0282. The number of benzene rings is 1.